The molecule has 0 saturated heterocycles. The molecular formula is C17H11ClN2O5. The third kappa shape index (κ3) is 3.09. The average molecular weight is 359 g/mol. The van der Waals surface area contributed by atoms with Gasteiger partial charge in [-0.15, -0.1) is 0 Å². The van der Waals surface area contributed by atoms with Crippen LogP contribution in [0.25, 0.3) is 10.9 Å². The zero-order chi connectivity index (χ0) is 18.1. The molecule has 2 aromatic carbocycles. The molecule has 0 atom stereocenters. The van der Waals surface area contributed by atoms with Crippen LogP contribution in [0.4, 0.5) is 5.69 Å². The van der Waals surface area contributed by atoms with Crippen LogP contribution < -0.4 is 5.56 Å². The summed E-state index contributed by atoms with van der Waals surface area (Å²) >= 11 is 5.84. The summed E-state index contributed by atoms with van der Waals surface area (Å²) in [7, 11) is 0. The lowest BCUT2D eigenvalue weighted by molar-refractivity contribution is -0.383. The van der Waals surface area contributed by atoms with Gasteiger partial charge in [0.05, 0.1) is 22.4 Å². The van der Waals surface area contributed by atoms with E-state index in [-0.39, 0.29) is 17.6 Å². The number of hydrogen-bond acceptors (Lipinski definition) is 4. The number of hydrogen-bond donors (Lipinski definition) is 1. The van der Waals surface area contributed by atoms with Crippen molar-refractivity contribution >= 4 is 34.2 Å². The Labute approximate surface area is 145 Å². The van der Waals surface area contributed by atoms with E-state index in [1.165, 1.54) is 16.7 Å². The van der Waals surface area contributed by atoms with E-state index in [2.05, 4.69) is 0 Å². The number of halogens is 1. The number of carboxylic acid groups (broad SMARTS) is 1. The monoisotopic (exact) mass is 358 g/mol. The van der Waals surface area contributed by atoms with Crippen molar-refractivity contribution in [1.29, 1.82) is 0 Å². The standard InChI is InChI=1S/C17H11ClN2O5/c18-11-6-4-10(5-7-11)9-19-14-2-1-3-15(20(24)25)12(14)8-13(16(19)21)17(22)23/h1-8H,9H2,(H,22,23). The van der Waals surface area contributed by atoms with Gasteiger partial charge in [-0.1, -0.05) is 29.8 Å². The van der Waals surface area contributed by atoms with Crippen LogP contribution in [0.15, 0.2) is 53.3 Å². The molecule has 0 aliphatic carbocycles. The van der Waals surface area contributed by atoms with Crippen molar-refractivity contribution in [2.45, 2.75) is 6.54 Å². The second kappa shape index (κ2) is 6.37. The Morgan fingerprint density at radius 2 is 1.88 bits per heavy atom. The topological polar surface area (TPSA) is 102 Å². The number of aromatic nitrogens is 1. The lowest BCUT2D eigenvalue weighted by Crippen LogP contribution is -2.27. The van der Waals surface area contributed by atoms with Crippen molar-refractivity contribution in [3.8, 4) is 0 Å². The molecule has 3 rings (SSSR count). The fraction of sp³-hybridized carbons (Fsp3) is 0.0588. The molecule has 0 fully saturated rings. The van der Waals surface area contributed by atoms with Crippen LogP contribution in [0.5, 0.6) is 0 Å². The maximum atomic E-state index is 12.6. The maximum absolute atomic E-state index is 12.6. The van der Waals surface area contributed by atoms with Gasteiger partial charge < -0.3 is 9.67 Å². The quantitative estimate of drug-likeness (QED) is 0.569. The fourth-order valence-corrected chi connectivity index (χ4v) is 2.75. The molecule has 0 saturated carbocycles. The maximum Gasteiger partial charge on any atom is 0.341 e. The van der Waals surface area contributed by atoms with Crippen molar-refractivity contribution in [1.82, 2.24) is 4.57 Å². The van der Waals surface area contributed by atoms with Crippen molar-refractivity contribution < 1.29 is 14.8 Å². The molecule has 1 heterocycles. The molecular weight excluding hydrogens is 348 g/mol. The Morgan fingerprint density at radius 1 is 1.20 bits per heavy atom. The number of nitro benzene ring substituents is 1. The average Bonchev–Trinajstić information content (AvgIpc) is 2.57. The summed E-state index contributed by atoms with van der Waals surface area (Å²) < 4.78 is 1.22. The number of pyridine rings is 1. The molecule has 0 aliphatic rings. The molecule has 3 aromatic rings. The summed E-state index contributed by atoms with van der Waals surface area (Å²) in [6.07, 6.45) is 0. The van der Waals surface area contributed by atoms with Crippen LogP contribution in [-0.2, 0) is 6.54 Å². The molecule has 0 amide bonds. The van der Waals surface area contributed by atoms with Gasteiger partial charge in [-0.05, 0) is 29.8 Å². The minimum Gasteiger partial charge on any atom is -0.477 e. The second-order valence-corrected chi connectivity index (χ2v) is 5.78. The van der Waals surface area contributed by atoms with Crippen molar-refractivity contribution in [2.75, 3.05) is 0 Å². The lowest BCUT2D eigenvalue weighted by atomic mass is 10.1. The summed E-state index contributed by atoms with van der Waals surface area (Å²) in [5.74, 6) is -1.44. The molecule has 0 spiro atoms. The molecule has 7 nitrogen and oxygen atoms in total. The highest BCUT2D eigenvalue weighted by atomic mass is 35.5. The van der Waals surface area contributed by atoms with Gasteiger partial charge in [-0.2, -0.15) is 0 Å². The first-order valence-corrected chi connectivity index (χ1v) is 7.55. The summed E-state index contributed by atoms with van der Waals surface area (Å²) in [5.41, 5.74) is -0.503. The molecule has 0 bridgehead atoms. The molecule has 0 unspecified atom stereocenters. The Kier molecular flexibility index (Phi) is 4.24. The molecule has 25 heavy (non-hydrogen) atoms. The molecule has 0 aliphatic heterocycles. The van der Waals surface area contributed by atoms with Gasteiger partial charge in [0.15, 0.2) is 0 Å². The van der Waals surface area contributed by atoms with Gasteiger partial charge in [0.25, 0.3) is 11.2 Å². The third-order valence-electron chi connectivity index (χ3n) is 3.80. The SMILES string of the molecule is O=C(O)c1cc2c([N+](=O)[O-])cccc2n(Cc2ccc(Cl)cc2)c1=O. The first kappa shape index (κ1) is 16.7. The number of fused-ring (bicyclic) bond motifs is 1. The van der Waals surface area contributed by atoms with Gasteiger partial charge in [-0.25, -0.2) is 4.79 Å². The van der Waals surface area contributed by atoms with Crippen LogP contribution >= 0.6 is 11.6 Å². The predicted octanol–water partition coefficient (Wildman–Crippen LogP) is 3.31. The molecule has 0 radical (unpaired) electrons. The van der Waals surface area contributed by atoms with E-state index in [0.29, 0.717) is 16.1 Å². The van der Waals surface area contributed by atoms with Crippen LogP contribution in [0.3, 0.4) is 0 Å². The predicted molar refractivity (Wildman–Crippen MR) is 92.4 cm³/mol. The van der Waals surface area contributed by atoms with E-state index < -0.39 is 22.0 Å². The number of aromatic carboxylic acids is 1. The number of carboxylic acids is 1. The van der Waals surface area contributed by atoms with E-state index >= 15 is 0 Å². The van der Waals surface area contributed by atoms with E-state index in [1.54, 1.807) is 30.3 Å². The molecule has 1 aromatic heterocycles. The largest absolute Gasteiger partial charge is 0.477 e. The normalized spacial score (nSPS) is 10.8. The van der Waals surface area contributed by atoms with Crippen LogP contribution in [0.1, 0.15) is 15.9 Å². The summed E-state index contributed by atoms with van der Waals surface area (Å²) in [6, 6.07) is 12.0. The van der Waals surface area contributed by atoms with E-state index in [9.17, 15) is 24.8 Å². The smallest absolute Gasteiger partial charge is 0.341 e. The Balaban J connectivity index is 2.31. The lowest BCUT2D eigenvalue weighted by Gasteiger charge is -2.12. The number of nitro groups is 1. The zero-order valence-electron chi connectivity index (χ0n) is 12.7. The Bertz CT molecular complexity index is 1060. The van der Waals surface area contributed by atoms with Crippen LogP contribution in [0, 0.1) is 10.1 Å². The van der Waals surface area contributed by atoms with Crippen LogP contribution in [-0.4, -0.2) is 20.6 Å². The first-order chi connectivity index (χ1) is 11.9. The highest BCUT2D eigenvalue weighted by molar-refractivity contribution is 6.30. The number of benzene rings is 2. The minimum atomic E-state index is -1.44. The van der Waals surface area contributed by atoms with Crippen molar-refractivity contribution in [2.24, 2.45) is 0 Å². The molecule has 126 valence electrons. The molecule has 8 heteroatoms. The molecule has 1 N–H and O–H groups in total. The Hall–Kier alpha value is -3.19. The first-order valence-electron chi connectivity index (χ1n) is 7.17. The number of carbonyl (C=O) groups is 1. The minimum absolute atomic E-state index is 0.0643. The summed E-state index contributed by atoms with van der Waals surface area (Å²) in [5, 5.41) is 21.1. The number of rotatable bonds is 4. The Morgan fingerprint density at radius 3 is 2.48 bits per heavy atom. The second-order valence-electron chi connectivity index (χ2n) is 5.35. The van der Waals surface area contributed by atoms with Gasteiger partial charge >= 0.3 is 5.97 Å². The number of non-ortho nitro benzene ring substituents is 1. The summed E-state index contributed by atoms with van der Waals surface area (Å²) in [4.78, 5) is 34.6. The van der Waals surface area contributed by atoms with Gasteiger partial charge in [0.2, 0.25) is 0 Å². The third-order valence-corrected chi connectivity index (χ3v) is 4.05. The highest BCUT2D eigenvalue weighted by Crippen LogP contribution is 2.25. The highest BCUT2D eigenvalue weighted by Gasteiger charge is 2.20. The van der Waals surface area contributed by atoms with Gasteiger partial charge in [0, 0.05) is 11.1 Å². The van der Waals surface area contributed by atoms with Crippen LogP contribution in [0.2, 0.25) is 5.02 Å². The van der Waals surface area contributed by atoms with E-state index in [0.717, 1.165) is 6.07 Å². The van der Waals surface area contributed by atoms with Gasteiger partial charge in [0.1, 0.15) is 5.56 Å². The fourth-order valence-electron chi connectivity index (χ4n) is 2.63. The van der Waals surface area contributed by atoms with Crippen molar-refractivity contribution in [3.63, 3.8) is 0 Å². The summed E-state index contributed by atoms with van der Waals surface area (Å²) in [6.45, 7) is 0.0643. The van der Waals surface area contributed by atoms with Crippen molar-refractivity contribution in [3.05, 3.63) is 85.1 Å². The van der Waals surface area contributed by atoms with Gasteiger partial charge in [-0.3, -0.25) is 14.9 Å². The van der Waals surface area contributed by atoms with E-state index in [4.69, 9.17) is 11.6 Å². The number of nitrogens with zero attached hydrogens (tertiary/aromatic N) is 2. The zero-order valence-corrected chi connectivity index (χ0v) is 13.4. The van der Waals surface area contributed by atoms with E-state index in [1.807, 2.05) is 0 Å².